The van der Waals surface area contributed by atoms with E-state index in [1.54, 1.807) is 61.5 Å². The summed E-state index contributed by atoms with van der Waals surface area (Å²) >= 11 is 0.937. The number of sulfonamides is 1. The standard InChI is InChI=1S/C23H18N6O4S2/c1-2-33-23(30)14-10-12-15(13-11-14)24-21-22(26-17-7-4-3-6-16(17)25-21)29-35(31,32)19-9-5-8-18-20(19)28-34-27-18/h3-13H,2H2,1H3,(H,24,25)(H,26,29). The number of ether oxygens (including phenoxy) is 1. The van der Waals surface area contributed by atoms with Gasteiger partial charge in [-0.25, -0.2) is 23.2 Å². The lowest BCUT2D eigenvalue weighted by atomic mass is 10.2. The molecule has 2 heterocycles. The van der Waals surface area contributed by atoms with Crippen molar-refractivity contribution in [3.63, 3.8) is 0 Å². The lowest BCUT2D eigenvalue weighted by Gasteiger charge is -2.14. The van der Waals surface area contributed by atoms with Gasteiger partial charge in [-0.15, -0.1) is 0 Å². The molecule has 0 bridgehead atoms. The number of anilines is 3. The maximum Gasteiger partial charge on any atom is 0.338 e. The molecule has 5 rings (SSSR count). The lowest BCUT2D eigenvalue weighted by molar-refractivity contribution is 0.0526. The van der Waals surface area contributed by atoms with Crippen LogP contribution in [0.4, 0.5) is 17.3 Å². The average molecular weight is 507 g/mol. The molecule has 35 heavy (non-hydrogen) atoms. The van der Waals surface area contributed by atoms with E-state index in [0.29, 0.717) is 27.8 Å². The quantitative estimate of drug-likeness (QED) is 0.309. The Morgan fingerprint density at radius 2 is 1.57 bits per heavy atom. The van der Waals surface area contributed by atoms with Gasteiger partial charge in [-0.3, -0.25) is 4.72 Å². The fourth-order valence-electron chi connectivity index (χ4n) is 3.38. The second-order valence-electron chi connectivity index (χ2n) is 7.33. The number of benzene rings is 3. The topological polar surface area (TPSA) is 136 Å². The van der Waals surface area contributed by atoms with E-state index in [1.165, 1.54) is 6.07 Å². The van der Waals surface area contributed by atoms with Crippen molar-refractivity contribution < 1.29 is 17.9 Å². The Morgan fingerprint density at radius 3 is 2.29 bits per heavy atom. The van der Waals surface area contributed by atoms with Gasteiger partial charge in [0.2, 0.25) is 0 Å². The van der Waals surface area contributed by atoms with Crippen molar-refractivity contribution in [2.75, 3.05) is 16.6 Å². The molecule has 2 N–H and O–H groups in total. The summed E-state index contributed by atoms with van der Waals surface area (Å²) in [5, 5.41) is 3.09. The zero-order valence-corrected chi connectivity index (χ0v) is 19.9. The number of nitrogens with one attached hydrogen (secondary N) is 2. The summed E-state index contributed by atoms with van der Waals surface area (Å²) in [6.45, 7) is 2.01. The number of esters is 1. The van der Waals surface area contributed by atoms with Crippen LogP contribution in [0.5, 0.6) is 0 Å². The van der Waals surface area contributed by atoms with Crippen LogP contribution in [0.25, 0.3) is 22.1 Å². The second-order valence-corrected chi connectivity index (χ2v) is 9.51. The number of carbonyl (C=O) groups excluding carboxylic acids is 1. The van der Waals surface area contributed by atoms with Crippen LogP contribution < -0.4 is 10.0 Å². The average Bonchev–Trinajstić information content (AvgIpc) is 3.34. The Bertz CT molecular complexity index is 1650. The van der Waals surface area contributed by atoms with Gasteiger partial charge >= 0.3 is 5.97 Å². The molecule has 0 aliphatic heterocycles. The predicted molar refractivity (Wildman–Crippen MR) is 133 cm³/mol. The van der Waals surface area contributed by atoms with Crippen molar-refractivity contribution in [3.05, 3.63) is 72.3 Å². The van der Waals surface area contributed by atoms with Gasteiger partial charge < -0.3 is 10.1 Å². The van der Waals surface area contributed by atoms with Gasteiger partial charge in [0, 0.05) is 5.69 Å². The molecule has 0 radical (unpaired) electrons. The second kappa shape index (κ2) is 9.24. The predicted octanol–water partition coefficient (Wildman–Crippen LogP) is 4.36. The van der Waals surface area contributed by atoms with Crippen LogP contribution in [-0.4, -0.2) is 39.7 Å². The van der Waals surface area contributed by atoms with Gasteiger partial charge in [-0.2, -0.15) is 8.75 Å². The van der Waals surface area contributed by atoms with Gasteiger partial charge in [0.05, 0.1) is 34.9 Å². The highest BCUT2D eigenvalue weighted by Gasteiger charge is 2.23. The smallest absolute Gasteiger partial charge is 0.338 e. The van der Waals surface area contributed by atoms with Crippen molar-refractivity contribution in [2.24, 2.45) is 0 Å². The van der Waals surface area contributed by atoms with Gasteiger partial charge in [0.15, 0.2) is 11.6 Å². The van der Waals surface area contributed by atoms with Crippen LogP contribution in [0, 0.1) is 0 Å². The Hall–Kier alpha value is -4.16. The van der Waals surface area contributed by atoms with E-state index in [4.69, 9.17) is 4.74 Å². The van der Waals surface area contributed by atoms with Crippen molar-refractivity contribution in [3.8, 4) is 0 Å². The normalized spacial score (nSPS) is 11.5. The van der Waals surface area contributed by atoms with Crippen LogP contribution in [-0.2, 0) is 14.8 Å². The molecule has 0 fully saturated rings. The monoisotopic (exact) mass is 506 g/mol. The van der Waals surface area contributed by atoms with Crippen LogP contribution in [0.2, 0.25) is 0 Å². The number of para-hydroxylation sites is 2. The number of hydrogen-bond acceptors (Lipinski definition) is 10. The number of rotatable bonds is 7. The maximum atomic E-state index is 13.3. The zero-order chi connectivity index (χ0) is 24.4. The number of aromatic nitrogens is 4. The lowest BCUT2D eigenvalue weighted by Crippen LogP contribution is -2.16. The van der Waals surface area contributed by atoms with Crippen LogP contribution in [0.15, 0.2) is 71.6 Å². The van der Waals surface area contributed by atoms with E-state index in [2.05, 4.69) is 28.8 Å². The Kier molecular flexibility index (Phi) is 5.97. The van der Waals surface area contributed by atoms with Gasteiger partial charge in [0.25, 0.3) is 10.0 Å². The van der Waals surface area contributed by atoms with Crippen LogP contribution in [0.3, 0.4) is 0 Å². The summed E-state index contributed by atoms with van der Waals surface area (Å²) in [6, 6.07) is 18.4. The molecule has 176 valence electrons. The molecule has 0 saturated heterocycles. The van der Waals surface area contributed by atoms with E-state index in [0.717, 1.165) is 11.7 Å². The molecular formula is C23H18N6O4S2. The molecule has 0 saturated carbocycles. The van der Waals surface area contributed by atoms with Crippen molar-refractivity contribution in [1.29, 1.82) is 0 Å². The molecule has 5 aromatic rings. The minimum atomic E-state index is -4.07. The van der Waals surface area contributed by atoms with Crippen molar-refractivity contribution in [1.82, 2.24) is 18.7 Å². The number of fused-ring (bicyclic) bond motifs is 2. The maximum absolute atomic E-state index is 13.3. The van der Waals surface area contributed by atoms with Crippen LogP contribution >= 0.6 is 11.7 Å². The van der Waals surface area contributed by atoms with Crippen molar-refractivity contribution in [2.45, 2.75) is 11.8 Å². The third-order valence-electron chi connectivity index (χ3n) is 5.00. The molecule has 0 unspecified atom stereocenters. The van der Waals surface area contributed by atoms with E-state index in [-0.39, 0.29) is 28.7 Å². The first-order valence-corrected chi connectivity index (χ1v) is 12.7. The molecule has 12 heteroatoms. The Morgan fingerprint density at radius 1 is 0.886 bits per heavy atom. The first kappa shape index (κ1) is 22.6. The third-order valence-corrected chi connectivity index (χ3v) is 6.91. The first-order valence-electron chi connectivity index (χ1n) is 10.5. The minimum Gasteiger partial charge on any atom is -0.462 e. The summed E-state index contributed by atoms with van der Waals surface area (Å²) in [4.78, 5) is 21.0. The largest absolute Gasteiger partial charge is 0.462 e. The van der Waals surface area contributed by atoms with E-state index in [1.807, 2.05) is 6.07 Å². The van der Waals surface area contributed by atoms with Gasteiger partial charge in [0.1, 0.15) is 15.9 Å². The molecule has 0 atom stereocenters. The highest BCUT2D eigenvalue weighted by atomic mass is 32.2. The first-order chi connectivity index (χ1) is 16.9. The van der Waals surface area contributed by atoms with E-state index < -0.39 is 16.0 Å². The Labute approximate surface area is 204 Å². The SMILES string of the molecule is CCOC(=O)c1ccc(Nc2nc3ccccc3nc2NS(=O)(=O)c2cccc3nsnc23)cc1. The fourth-order valence-corrected chi connectivity index (χ4v) is 5.16. The minimum absolute atomic E-state index is 0.0107. The molecule has 0 spiro atoms. The van der Waals surface area contributed by atoms with Crippen molar-refractivity contribution >= 4 is 67.1 Å². The van der Waals surface area contributed by atoms with E-state index >= 15 is 0 Å². The summed E-state index contributed by atoms with van der Waals surface area (Å²) < 4.78 is 42.4. The molecular weight excluding hydrogens is 488 g/mol. The summed E-state index contributed by atoms with van der Waals surface area (Å²) in [7, 11) is -4.07. The molecule has 10 nitrogen and oxygen atoms in total. The molecule has 3 aromatic carbocycles. The number of hydrogen-bond donors (Lipinski definition) is 2. The fraction of sp³-hybridized carbons (Fsp3) is 0.0870. The number of carbonyl (C=O) groups is 1. The third kappa shape index (κ3) is 4.61. The summed E-state index contributed by atoms with van der Waals surface area (Å²) in [6.07, 6.45) is 0. The highest BCUT2D eigenvalue weighted by molar-refractivity contribution is 7.93. The summed E-state index contributed by atoms with van der Waals surface area (Å²) in [5.41, 5.74) is 2.83. The Balaban J connectivity index is 1.53. The summed E-state index contributed by atoms with van der Waals surface area (Å²) in [5.74, 6) is -0.221. The van der Waals surface area contributed by atoms with E-state index in [9.17, 15) is 13.2 Å². The van der Waals surface area contributed by atoms with Gasteiger partial charge in [-0.05, 0) is 55.5 Å². The number of nitrogens with zero attached hydrogens (tertiary/aromatic N) is 4. The molecule has 0 aliphatic carbocycles. The van der Waals surface area contributed by atoms with Crippen LogP contribution in [0.1, 0.15) is 17.3 Å². The highest BCUT2D eigenvalue weighted by Crippen LogP contribution is 2.29. The molecule has 2 aromatic heterocycles. The molecule has 0 amide bonds. The zero-order valence-electron chi connectivity index (χ0n) is 18.3. The van der Waals surface area contributed by atoms with Gasteiger partial charge in [-0.1, -0.05) is 18.2 Å². The molecule has 0 aliphatic rings.